The Bertz CT molecular complexity index is 880. The number of carbonyl (C=O) groups is 2. The van der Waals surface area contributed by atoms with E-state index in [1.54, 1.807) is 26.0 Å². The lowest BCUT2D eigenvalue weighted by Crippen LogP contribution is -2.47. The Morgan fingerprint density at radius 1 is 1.23 bits per heavy atom. The molecule has 2 heterocycles. The van der Waals surface area contributed by atoms with E-state index in [4.69, 9.17) is 14.3 Å². The van der Waals surface area contributed by atoms with E-state index in [-0.39, 0.29) is 23.8 Å². The number of amides is 2. The van der Waals surface area contributed by atoms with E-state index in [0.29, 0.717) is 43.1 Å². The number of nitrogens with one attached hydrogen (secondary N) is 1. The van der Waals surface area contributed by atoms with Gasteiger partial charge < -0.3 is 24.5 Å². The molecule has 2 amide bonds. The lowest BCUT2D eigenvalue weighted by Gasteiger charge is -2.26. The van der Waals surface area contributed by atoms with Crippen LogP contribution in [0.4, 0.5) is 0 Å². The van der Waals surface area contributed by atoms with Gasteiger partial charge in [0.15, 0.2) is 11.5 Å². The van der Waals surface area contributed by atoms with Crippen LogP contribution in [0.2, 0.25) is 0 Å². The minimum atomic E-state index is -1.07. The van der Waals surface area contributed by atoms with E-state index >= 15 is 0 Å². The fourth-order valence-corrected chi connectivity index (χ4v) is 4.64. The molecule has 2 fully saturated rings. The van der Waals surface area contributed by atoms with E-state index in [1.165, 1.54) is 12.8 Å². The van der Waals surface area contributed by atoms with Crippen LogP contribution in [0.1, 0.15) is 51.0 Å². The standard InChI is InChI=1S/C23H31N3O5/c1-23(22(28)26-11-10-16(14-26)21(27)24-2)13-18(25-31-23)15-8-9-19(29-3)20(12-15)30-17-6-4-5-7-17/h8-9,12,16-17H,4-7,10-11,13-14H2,1-3H3,(H,24,27). The van der Waals surface area contributed by atoms with Crippen LogP contribution in [0.25, 0.3) is 0 Å². The van der Waals surface area contributed by atoms with Gasteiger partial charge in [0.2, 0.25) is 11.5 Å². The van der Waals surface area contributed by atoms with Crippen LogP contribution in [0, 0.1) is 5.92 Å². The molecule has 2 aliphatic heterocycles. The van der Waals surface area contributed by atoms with Crippen molar-refractivity contribution in [1.29, 1.82) is 0 Å². The van der Waals surface area contributed by atoms with Gasteiger partial charge in [-0.25, -0.2) is 0 Å². The Morgan fingerprint density at radius 3 is 2.71 bits per heavy atom. The first-order valence-electron chi connectivity index (χ1n) is 11.0. The topological polar surface area (TPSA) is 89.5 Å². The second-order valence-electron chi connectivity index (χ2n) is 8.78. The van der Waals surface area contributed by atoms with Crippen molar-refractivity contribution in [2.75, 3.05) is 27.2 Å². The van der Waals surface area contributed by atoms with Gasteiger partial charge in [-0.3, -0.25) is 9.59 Å². The highest BCUT2D eigenvalue weighted by Crippen LogP contribution is 2.36. The molecule has 8 nitrogen and oxygen atoms in total. The minimum absolute atomic E-state index is 0.0299. The van der Waals surface area contributed by atoms with E-state index < -0.39 is 5.60 Å². The smallest absolute Gasteiger partial charge is 0.269 e. The summed E-state index contributed by atoms with van der Waals surface area (Å²) >= 11 is 0. The van der Waals surface area contributed by atoms with Gasteiger partial charge in [-0.15, -0.1) is 0 Å². The normalized spacial score (nSPS) is 25.8. The summed E-state index contributed by atoms with van der Waals surface area (Å²) in [5, 5.41) is 6.91. The number of methoxy groups -OCH3 is 1. The summed E-state index contributed by atoms with van der Waals surface area (Å²) in [6, 6.07) is 5.71. The van der Waals surface area contributed by atoms with Crippen molar-refractivity contribution >= 4 is 17.5 Å². The number of hydrogen-bond acceptors (Lipinski definition) is 6. The number of oxime groups is 1. The van der Waals surface area contributed by atoms with E-state index in [0.717, 1.165) is 18.4 Å². The van der Waals surface area contributed by atoms with Gasteiger partial charge in [0.05, 0.1) is 24.8 Å². The average molecular weight is 430 g/mol. The third-order valence-electron chi connectivity index (χ3n) is 6.50. The monoisotopic (exact) mass is 429 g/mol. The van der Waals surface area contributed by atoms with E-state index in [1.807, 2.05) is 18.2 Å². The minimum Gasteiger partial charge on any atom is -0.493 e. The summed E-state index contributed by atoms with van der Waals surface area (Å²) in [7, 11) is 3.25. The molecule has 31 heavy (non-hydrogen) atoms. The van der Waals surface area contributed by atoms with Crippen molar-refractivity contribution in [2.24, 2.45) is 11.1 Å². The van der Waals surface area contributed by atoms with Gasteiger partial charge in [-0.05, 0) is 57.2 Å². The molecule has 1 aromatic rings. The predicted molar refractivity (Wildman–Crippen MR) is 115 cm³/mol. The first-order valence-corrected chi connectivity index (χ1v) is 11.0. The van der Waals surface area contributed by atoms with Gasteiger partial charge in [0.25, 0.3) is 5.91 Å². The Morgan fingerprint density at radius 2 is 2.00 bits per heavy atom. The maximum absolute atomic E-state index is 13.2. The van der Waals surface area contributed by atoms with Gasteiger partial charge in [0, 0.05) is 32.1 Å². The Balaban J connectivity index is 1.45. The number of rotatable bonds is 6. The fourth-order valence-electron chi connectivity index (χ4n) is 4.64. The molecule has 1 aromatic carbocycles. The highest BCUT2D eigenvalue weighted by Gasteiger charge is 2.46. The third-order valence-corrected chi connectivity index (χ3v) is 6.50. The molecule has 0 spiro atoms. The SMILES string of the molecule is CNC(=O)C1CCN(C(=O)C2(C)CC(c3ccc(OC)c(OC4CCCC4)c3)=NO2)C1. The number of nitrogens with zero attached hydrogens (tertiary/aromatic N) is 2. The molecule has 0 radical (unpaired) electrons. The van der Waals surface area contributed by atoms with Gasteiger partial charge >= 0.3 is 0 Å². The molecule has 1 saturated carbocycles. The summed E-state index contributed by atoms with van der Waals surface area (Å²) < 4.78 is 11.7. The lowest BCUT2D eigenvalue weighted by atomic mass is 9.94. The molecule has 1 saturated heterocycles. The van der Waals surface area contributed by atoms with Gasteiger partial charge in [-0.2, -0.15) is 0 Å². The van der Waals surface area contributed by atoms with Crippen molar-refractivity contribution in [2.45, 2.75) is 57.2 Å². The van der Waals surface area contributed by atoms with E-state index in [9.17, 15) is 9.59 Å². The Labute approximate surface area is 182 Å². The zero-order valence-corrected chi connectivity index (χ0v) is 18.5. The molecule has 168 valence electrons. The first kappa shape index (κ1) is 21.5. The van der Waals surface area contributed by atoms with Crippen molar-refractivity contribution < 1.29 is 23.9 Å². The number of ether oxygens (including phenoxy) is 2. The molecule has 3 aliphatic rings. The average Bonchev–Trinajstić information content (AvgIpc) is 3.54. The molecule has 1 aliphatic carbocycles. The summed E-state index contributed by atoms with van der Waals surface area (Å²) in [5.41, 5.74) is 0.492. The largest absolute Gasteiger partial charge is 0.493 e. The number of likely N-dealkylation sites (tertiary alicyclic amines) is 1. The van der Waals surface area contributed by atoms with Crippen molar-refractivity contribution in [3.05, 3.63) is 23.8 Å². The maximum Gasteiger partial charge on any atom is 0.269 e. The summed E-state index contributed by atoms with van der Waals surface area (Å²) in [6.45, 7) is 2.72. The Kier molecular flexibility index (Phi) is 6.07. The maximum atomic E-state index is 13.2. The van der Waals surface area contributed by atoms with Gasteiger partial charge in [0.1, 0.15) is 0 Å². The highest BCUT2D eigenvalue weighted by molar-refractivity contribution is 6.05. The Hall–Kier alpha value is -2.77. The van der Waals surface area contributed by atoms with E-state index in [2.05, 4.69) is 10.5 Å². The summed E-state index contributed by atoms with van der Waals surface area (Å²) in [4.78, 5) is 32.4. The molecule has 0 aromatic heterocycles. The third kappa shape index (κ3) is 4.34. The zero-order valence-electron chi connectivity index (χ0n) is 18.5. The number of carbonyl (C=O) groups excluding carboxylic acids is 2. The first-order chi connectivity index (χ1) is 14.9. The van der Waals surface area contributed by atoms with Crippen LogP contribution < -0.4 is 14.8 Å². The van der Waals surface area contributed by atoms with Crippen LogP contribution in [0.5, 0.6) is 11.5 Å². The van der Waals surface area contributed by atoms with Crippen LogP contribution in [0.15, 0.2) is 23.4 Å². The molecule has 1 N–H and O–H groups in total. The van der Waals surface area contributed by atoms with Crippen LogP contribution in [-0.2, 0) is 14.4 Å². The quantitative estimate of drug-likeness (QED) is 0.751. The summed E-state index contributed by atoms with van der Waals surface area (Å²) in [5.74, 6) is 1.05. The van der Waals surface area contributed by atoms with Gasteiger partial charge in [-0.1, -0.05) is 5.16 Å². The molecular formula is C23H31N3O5. The molecule has 4 rings (SSSR count). The molecule has 8 heteroatoms. The van der Waals surface area contributed by atoms with Crippen molar-refractivity contribution in [3.8, 4) is 11.5 Å². The molecule has 2 atom stereocenters. The van der Waals surface area contributed by atoms with Crippen LogP contribution in [0.3, 0.4) is 0 Å². The highest BCUT2D eigenvalue weighted by atomic mass is 16.7. The van der Waals surface area contributed by atoms with Crippen molar-refractivity contribution in [1.82, 2.24) is 10.2 Å². The molecular weight excluding hydrogens is 398 g/mol. The number of hydrogen-bond donors (Lipinski definition) is 1. The van der Waals surface area contributed by atoms with Crippen LogP contribution in [-0.4, -0.2) is 61.4 Å². The lowest BCUT2D eigenvalue weighted by molar-refractivity contribution is -0.152. The van der Waals surface area contributed by atoms with Crippen LogP contribution >= 0.6 is 0 Å². The predicted octanol–water partition coefficient (Wildman–Crippen LogP) is 2.49. The summed E-state index contributed by atoms with van der Waals surface area (Å²) in [6.07, 6.45) is 5.71. The fraction of sp³-hybridized carbons (Fsp3) is 0.609. The van der Waals surface area contributed by atoms with Crippen molar-refractivity contribution in [3.63, 3.8) is 0 Å². The second-order valence-corrected chi connectivity index (χ2v) is 8.78. The molecule has 0 bridgehead atoms. The zero-order chi connectivity index (χ0) is 22.0. The molecule has 2 unspecified atom stereocenters. The second kappa shape index (κ2) is 8.77. The number of benzene rings is 1.